The lowest BCUT2D eigenvalue weighted by atomic mass is 9.81. The van der Waals surface area contributed by atoms with E-state index in [1.54, 1.807) is 0 Å². The molecule has 3 heterocycles. The van der Waals surface area contributed by atoms with Crippen LogP contribution in [-0.4, -0.2) is 84.2 Å². The minimum Gasteiger partial charge on any atom is -0.378 e. The Morgan fingerprint density at radius 3 is 2.52 bits per heavy atom. The van der Waals surface area contributed by atoms with Crippen LogP contribution in [0.5, 0.6) is 0 Å². The largest absolute Gasteiger partial charge is 0.378 e. The maximum absolute atomic E-state index is 12.5. The van der Waals surface area contributed by atoms with E-state index in [4.69, 9.17) is 4.74 Å². The van der Waals surface area contributed by atoms with Crippen LogP contribution < -0.4 is 0 Å². The number of nitrogens with zero attached hydrogens (tertiary/aromatic N) is 3. The molecule has 3 fully saturated rings. The minimum atomic E-state index is 0.0828. The predicted octanol–water partition coefficient (Wildman–Crippen LogP) is 0.648. The zero-order valence-electron chi connectivity index (χ0n) is 13.8. The molecule has 120 valence electrons. The molecule has 3 saturated heterocycles. The van der Waals surface area contributed by atoms with Crippen LogP contribution in [0.4, 0.5) is 0 Å². The molecule has 0 aliphatic carbocycles. The Morgan fingerprint density at radius 1 is 1.19 bits per heavy atom. The van der Waals surface area contributed by atoms with Crippen LogP contribution in [0.3, 0.4) is 0 Å². The van der Waals surface area contributed by atoms with Crippen molar-refractivity contribution in [2.75, 3.05) is 45.9 Å². The number of fused-ring (bicyclic) bond motifs is 2. The van der Waals surface area contributed by atoms with Crippen molar-refractivity contribution in [3.8, 4) is 0 Å². The highest BCUT2D eigenvalue weighted by molar-refractivity contribution is 5.78. The smallest absolute Gasteiger partial charge is 0.225 e. The van der Waals surface area contributed by atoms with Crippen LogP contribution in [0.2, 0.25) is 0 Å². The molecule has 3 aliphatic rings. The van der Waals surface area contributed by atoms with E-state index in [2.05, 4.69) is 28.5 Å². The number of carbonyl (C=O) groups excluding carboxylic acids is 1. The molecule has 1 unspecified atom stereocenters. The lowest BCUT2D eigenvalue weighted by Gasteiger charge is -2.64. The molecule has 1 amide bonds. The van der Waals surface area contributed by atoms with Gasteiger partial charge in [0.1, 0.15) is 0 Å². The highest BCUT2D eigenvalue weighted by atomic mass is 16.5. The number of ether oxygens (including phenoxy) is 1. The Bertz CT molecular complexity index is 404. The first-order chi connectivity index (χ1) is 9.93. The predicted molar refractivity (Wildman–Crippen MR) is 82.2 cm³/mol. The van der Waals surface area contributed by atoms with Gasteiger partial charge in [0.05, 0.1) is 24.8 Å². The summed E-state index contributed by atoms with van der Waals surface area (Å²) in [6.45, 7) is 15.0. The molecule has 1 atom stereocenters. The van der Waals surface area contributed by atoms with E-state index in [1.807, 2.05) is 13.8 Å². The fourth-order valence-corrected chi connectivity index (χ4v) is 4.09. The third kappa shape index (κ3) is 2.60. The summed E-state index contributed by atoms with van der Waals surface area (Å²) >= 11 is 0. The molecule has 0 radical (unpaired) electrons. The van der Waals surface area contributed by atoms with Crippen molar-refractivity contribution >= 4 is 5.91 Å². The van der Waals surface area contributed by atoms with Gasteiger partial charge in [-0.15, -0.1) is 0 Å². The lowest BCUT2D eigenvalue weighted by molar-refractivity contribution is -0.180. The van der Waals surface area contributed by atoms with Crippen molar-refractivity contribution in [3.05, 3.63) is 0 Å². The number of likely N-dealkylation sites (tertiary alicyclic amines) is 1. The molecule has 21 heavy (non-hydrogen) atoms. The van der Waals surface area contributed by atoms with Crippen molar-refractivity contribution in [1.29, 1.82) is 0 Å². The first-order valence-electron chi connectivity index (χ1n) is 8.30. The van der Waals surface area contributed by atoms with Gasteiger partial charge in [-0.2, -0.15) is 0 Å². The number of hydrogen-bond acceptors (Lipinski definition) is 4. The molecular weight excluding hydrogens is 266 g/mol. The second kappa shape index (κ2) is 5.52. The SMILES string of the molecule is CC(C)C(=O)N1CC2COCCN2C2(C1)CN(C(C)C)C2. The molecule has 0 aromatic carbocycles. The quantitative estimate of drug-likeness (QED) is 0.749. The van der Waals surface area contributed by atoms with Crippen LogP contribution in [0, 0.1) is 5.92 Å². The zero-order valence-corrected chi connectivity index (χ0v) is 13.8. The average molecular weight is 295 g/mol. The van der Waals surface area contributed by atoms with E-state index in [-0.39, 0.29) is 11.5 Å². The Labute approximate surface area is 128 Å². The van der Waals surface area contributed by atoms with Crippen LogP contribution in [0.1, 0.15) is 27.7 Å². The van der Waals surface area contributed by atoms with Crippen molar-refractivity contribution in [2.45, 2.75) is 45.3 Å². The number of piperazine rings is 1. The summed E-state index contributed by atoms with van der Waals surface area (Å²) in [6.07, 6.45) is 0. The van der Waals surface area contributed by atoms with Gasteiger partial charge in [0.15, 0.2) is 0 Å². The number of morpholine rings is 1. The summed E-state index contributed by atoms with van der Waals surface area (Å²) < 4.78 is 5.67. The van der Waals surface area contributed by atoms with E-state index in [1.165, 1.54) is 0 Å². The molecular formula is C16H29N3O2. The second-order valence-electron chi connectivity index (χ2n) is 7.52. The molecule has 0 aromatic rings. The summed E-state index contributed by atoms with van der Waals surface area (Å²) in [5.41, 5.74) is 0.168. The van der Waals surface area contributed by atoms with Crippen molar-refractivity contribution in [3.63, 3.8) is 0 Å². The highest BCUT2D eigenvalue weighted by Crippen LogP contribution is 2.36. The molecule has 3 rings (SSSR count). The monoisotopic (exact) mass is 295 g/mol. The Kier molecular flexibility index (Phi) is 4.01. The summed E-state index contributed by atoms with van der Waals surface area (Å²) in [5, 5.41) is 0. The van der Waals surface area contributed by atoms with Gasteiger partial charge in [-0.05, 0) is 13.8 Å². The van der Waals surface area contributed by atoms with E-state index in [9.17, 15) is 4.79 Å². The van der Waals surface area contributed by atoms with Gasteiger partial charge in [0.2, 0.25) is 5.91 Å². The topological polar surface area (TPSA) is 36.0 Å². The van der Waals surface area contributed by atoms with E-state index in [0.717, 1.165) is 45.9 Å². The van der Waals surface area contributed by atoms with Gasteiger partial charge in [-0.3, -0.25) is 14.6 Å². The van der Waals surface area contributed by atoms with Gasteiger partial charge in [0.25, 0.3) is 0 Å². The third-order valence-electron chi connectivity index (χ3n) is 5.28. The number of amides is 1. The highest BCUT2D eigenvalue weighted by Gasteiger charge is 2.55. The van der Waals surface area contributed by atoms with Gasteiger partial charge >= 0.3 is 0 Å². The first kappa shape index (κ1) is 15.3. The molecule has 0 aromatic heterocycles. The Hall–Kier alpha value is -0.650. The van der Waals surface area contributed by atoms with Crippen LogP contribution in [-0.2, 0) is 9.53 Å². The minimum absolute atomic E-state index is 0.0828. The van der Waals surface area contributed by atoms with E-state index < -0.39 is 0 Å². The summed E-state index contributed by atoms with van der Waals surface area (Å²) in [6, 6.07) is 0.968. The number of rotatable bonds is 2. The standard InChI is InChI=1S/C16H29N3O2/c1-12(2)15(20)17-7-14-8-21-6-5-19(14)16(9-17)10-18(11-16)13(3)4/h12-14H,5-11H2,1-4H3. The van der Waals surface area contributed by atoms with Crippen molar-refractivity contribution in [2.24, 2.45) is 5.92 Å². The number of carbonyl (C=O) groups is 1. The Balaban J connectivity index is 1.78. The summed E-state index contributed by atoms with van der Waals surface area (Å²) in [4.78, 5) is 19.7. The Morgan fingerprint density at radius 2 is 1.90 bits per heavy atom. The first-order valence-corrected chi connectivity index (χ1v) is 8.30. The summed E-state index contributed by atoms with van der Waals surface area (Å²) in [5.74, 6) is 0.377. The molecule has 3 aliphatic heterocycles. The average Bonchev–Trinajstić information content (AvgIpc) is 2.42. The van der Waals surface area contributed by atoms with E-state index in [0.29, 0.717) is 18.0 Å². The molecule has 0 N–H and O–H groups in total. The van der Waals surface area contributed by atoms with Crippen LogP contribution in [0.25, 0.3) is 0 Å². The summed E-state index contributed by atoms with van der Waals surface area (Å²) in [7, 11) is 0. The van der Waals surface area contributed by atoms with Crippen LogP contribution >= 0.6 is 0 Å². The zero-order chi connectivity index (χ0) is 15.2. The molecule has 1 spiro atoms. The fourth-order valence-electron chi connectivity index (χ4n) is 4.09. The molecule has 0 saturated carbocycles. The maximum atomic E-state index is 12.5. The van der Waals surface area contributed by atoms with Crippen molar-refractivity contribution < 1.29 is 9.53 Å². The van der Waals surface area contributed by atoms with Gasteiger partial charge in [-0.25, -0.2) is 0 Å². The van der Waals surface area contributed by atoms with Crippen LogP contribution in [0.15, 0.2) is 0 Å². The third-order valence-corrected chi connectivity index (χ3v) is 5.28. The van der Waals surface area contributed by atoms with Gasteiger partial charge < -0.3 is 9.64 Å². The molecule has 5 heteroatoms. The van der Waals surface area contributed by atoms with Crippen molar-refractivity contribution in [1.82, 2.24) is 14.7 Å². The lowest BCUT2D eigenvalue weighted by Crippen LogP contribution is -2.81. The fraction of sp³-hybridized carbons (Fsp3) is 0.938. The maximum Gasteiger partial charge on any atom is 0.225 e. The van der Waals surface area contributed by atoms with Gasteiger partial charge in [-0.1, -0.05) is 13.8 Å². The number of hydrogen-bond donors (Lipinski definition) is 0. The second-order valence-corrected chi connectivity index (χ2v) is 7.52. The van der Waals surface area contributed by atoms with E-state index >= 15 is 0 Å². The molecule has 0 bridgehead atoms. The normalized spacial score (nSPS) is 29.8. The molecule has 5 nitrogen and oxygen atoms in total. The van der Waals surface area contributed by atoms with Gasteiger partial charge in [0, 0.05) is 44.7 Å².